The quantitative estimate of drug-likeness (QED) is 0.691. The van der Waals surface area contributed by atoms with Crippen LogP contribution >= 0.6 is 15.9 Å². The molecule has 0 aromatic heterocycles. The second kappa shape index (κ2) is 5.59. The molecule has 0 saturated carbocycles. The van der Waals surface area contributed by atoms with Crippen molar-refractivity contribution < 1.29 is 8.78 Å². The van der Waals surface area contributed by atoms with Crippen molar-refractivity contribution in [3.05, 3.63) is 35.4 Å². The Morgan fingerprint density at radius 1 is 1.20 bits per heavy atom. The fourth-order valence-corrected chi connectivity index (χ4v) is 2.78. The van der Waals surface area contributed by atoms with Crippen LogP contribution in [0.2, 0.25) is 0 Å². The Hall–Kier alpha value is -0.440. The molecule has 0 amide bonds. The van der Waals surface area contributed by atoms with E-state index in [0.717, 1.165) is 18.9 Å². The molecule has 1 aromatic carbocycles. The molecular weight excluding hydrogens is 262 g/mol. The molecule has 1 atom stereocenters. The highest BCUT2D eigenvalue weighted by Crippen LogP contribution is 2.36. The fraction of sp³-hybridized carbons (Fsp3) is 0.500. The predicted octanol–water partition coefficient (Wildman–Crippen LogP) is 4.84. The molecule has 0 fully saturated rings. The summed E-state index contributed by atoms with van der Waals surface area (Å²) >= 11 is 3.45. The minimum atomic E-state index is -0.387. The second-order valence-electron chi connectivity index (χ2n) is 3.64. The molecule has 84 valence electrons. The molecular formula is C12H15BrF2. The van der Waals surface area contributed by atoms with E-state index >= 15 is 0 Å². The first kappa shape index (κ1) is 12.6. The molecule has 15 heavy (non-hydrogen) atoms. The van der Waals surface area contributed by atoms with Crippen molar-refractivity contribution in [3.63, 3.8) is 0 Å². The van der Waals surface area contributed by atoms with Crippen molar-refractivity contribution >= 4 is 15.9 Å². The van der Waals surface area contributed by atoms with Gasteiger partial charge in [0, 0.05) is 10.4 Å². The largest absolute Gasteiger partial charge is 0.207 e. The standard InChI is InChI=1S/C12H15BrF2/c1-3-8(4-2)12(13)10-7-9(14)5-6-11(10)15/h5-8,12H,3-4H2,1-2H3. The van der Waals surface area contributed by atoms with Crippen LogP contribution in [0.4, 0.5) is 8.78 Å². The lowest BCUT2D eigenvalue weighted by Gasteiger charge is -2.20. The summed E-state index contributed by atoms with van der Waals surface area (Å²) in [5.74, 6) is -0.395. The van der Waals surface area contributed by atoms with Crippen LogP contribution < -0.4 is 0 Å². The van der Waals surface area contributed by atoms with Gasteiger partial charge in [0.25, 0.3) is 0 Å². The number of rotatable bonds is 4. The zero-order valence-electron chi connectivity index (χ0n) is 8.93. The van der Waals surface area contributed by atoms with Crippen molar-refractivity contribution in [1.29, 1.82) is 0 Å². The van der Waals surface area contributed by atoms with Crippen LogP contribution in [0, 0.1) is 17.6 Å². The molecule has 0 heterocycles. The van der Waals surface area contributed by atoms with Crippen molar-refractivity contribution in [2.24, 2.45) is 5.92 Å². The number of hydrogen-bond donors (Lipinski definition) is 0. The Morgan fingerprint density at radius 3 is 2.33 bits per heavy atom. The van der Waals surface area contributed by atoms with Gasteiger partial charge in [0.05, 0.1) is 0 Å². The molecule has 0 aliphatic heterocycles. The number of halogens is 3. The van der Waals surface area contributed by atoms with E-state index in [0.29, 0.717) is 11.5 Å². The molecule has 0 saturated heterocycles. The first-order valence-electron chi connectivity index (χ1n) is 5.19. The Morgan fingerprint density at radius 2 is 1.80 bits per heavy atom. The first-order valence-corrected chi connectivity index (χ1v) is 6.10. The fourth-order valence-electron chi connectivity index (χ4n) is 1.68. The van der Waals surface area contributed by atoms with Gasteiger partial charge < -0.3 is 0 Å². The van der Waals surface area contributed by atoms with Crippen molar-refractivity contribution in [2.75, 3.05) is 0 Å². The molecule has 1 unspecified atom stereocenters. The minimum absolute atomic E-state index is 0.108. The lowest BCUT2D eigenvalue weighted by atomic mass is 9.94. The van der Waals surface area contributed by atoms with Gasteiger partial charge in [-0.3, -0.25) is 0 Å². The lowest BCUT2D eigenvalue weighted by Crippen LogP contribution is -2.07. The van der Waals surface area contributed by atoms with Gasteiger partial charge >= 0.3 is 0 Å². The molecule has 0 aliphatic carbocycles. The van der Waals surface area contributed by atoms with Crippen LogP contribution in [0.1, 0.15) is 37.1 Å². The zero-order chi connectivity index (χ0) is 11.4. The summed E-state index contributed by atoms with van der Waals surface area (Å²) in [6.07, 6.45) is 1.89. The van der Waals surface area contributed by atoms with Gasteiger partial charge in [-0.05, 0) is 24.1 Å². The van der Waals surface area contributed by atoms with Crippen molar-refractivity contribution in [2.45, 2.75) is 31.5 Å². The number of benzene rings is 1. The molecule has 1 rings (SSSR count). The van der Waals surface area contributed by atoms with Gasteiger partial charge in [-0.2, -0.15) is 0 Å². The van der Waals surface area contributed by atoms with Gasteiger partial charge in [0.1, 0.15) is 11.6 Å². The van der Waals surface area contributed by atoms with E-state index in [4.69, 9.17) is 0 Å². The van der Waals surface area contributed by atoms with Gasteiger partial charge in [-0.25, -0.2) is 8.78 Å². The Kier molecular flexibility index (Phi) is 4.71. The molecule has 0 bridgehead atoms. The van der Waals surface area contributed by atoms with Gasteiger partial charge in [-0.15, -0.1) is 0 Å². The molecule has 1 aromatic rings. The average molecular weight is 277 g/mol. The third kappa shape index (κ3) is 3.00. The molecule has 0 radical (unpaired) electrons. The maximum absolute atomic E-state index is 13.5. The Bertz CT molecular complexity index is 321. The van der Waals surface area contributed by atoms with Crippen molar-refractivity contribution in [3.8, 4) is 0 Å². The molecule has 3 heteroatoms. The molecule has 0 N–H and O–H groups in total. The van der Waals surface area contributed by atoms with Gasteiger partial charge in [0.15, 0.2) is 0 Å². The topological polar surface area (TPSA) is 0 Å². The highest BCUT2D eigenvalue weighted by atomic mass is 79.9. The summed E-state index contributed by atoms with van der Waals surface area (Å²) in [7, 11) is 0. The van der Waals surface area contributed by atoms with E-state index in [-0.39, 0.29) is 16.5 Å². The van der Waals surface area contributed by atoms with Gasteiger partial charge in [-0.1, -0.05) is 42.6 Å². The Labute approximate surface area is 97.8 Å². The SMILES string of the molecule is CCC(CC)C(Br)c1cc(F)ccc1F. The van der Waals surface area contributed by atoms with E-state index < -0.39 is 0 Å². The van der Waals surface area contributed by atoms with E-state index in [1.165, 1.54) is 12.1 Å². The normalized spacial score (nSPS) is 13.2. The minimum Gasteiger partial charge on any atom is -0.207 e. The third-order valence-corrected chi connectivity index (χ3v) is 3.96. The van der Waals surface area contributed by atoms with E-state index in [1.54, 1.807) is 0 Å². The van der Waals surface area contributed by atoms with Crippen LogP contribution in [0.3, 0.4) is 0 Å². The third-order valence-electron chi connectivity index (χ3n) is 2.72. The van der Waals surface area contributed by atoms with Crippen molar-refractivity contribution in [1.82, 2.24) is 0 Å². The monoisotopic (exact) mass is 276 g/mol. The van der Waals surface area contributed by atoms with Crippen LogP contribution in [-0.4, -0.2) is 0 Å². The van der Waals surface area contributed by atoms with E-state index in [2.05, 4.69) is 29.8 Å². The van der Waals surface area contributed by atoms with Crippen LogP contribution in [0.5, 0.6) is 0 Å². The maximum atomic E-state index is 13.5. The smallest absolute Gasteiger partial charge is 0.127 e. The summed E-state index contributed by atoms with van der Waals surface area (Å²) in [5.41, 5.74) is 0.420. The highest BCUT2D eigenvalue weighted by molar-refractivity contribution is 9.09. The predicted molar refractivity (Wildman–Crippen MR) is 62.1 cm³/mol. The molecule has 0 spiro atoms. The Balaban J connectivity index is 2.98. The van der Waals surface area contributed by atoms with Gasteiger partial charge in [0.2, 0.25) is 0 Å². The highest BCUT2D eigenvalue weighted by Gasteiger charge is 2.20. The zero-order valence-corrected chi connectivity index (χ0v) is 10.5. The second-order valence-corrected chi connectivity index (χ2v) is 4.63. The van der Waals surface area contributed by atoms with Crippen LogP contribution in [-0.2, 0) is 0 Å². The molecule has 0 aliphatic rings. The summed E-state index contributed by atoms with van der Waals surface area (Å²) in [5, 5.41) is 0. The van der Waals surface area contributed by atoms with E-state index in [1.807, 2.05) is 0 Å². The number of hydrogen-bond acceptors (Lipinski definition) is 0. The van der Waals surface area contributed by atoms with E-state index in [9.17, 15) is 8.78 Å². The van der Waals surface area contributed by atoms with Crippen LogP contribution in [0.15, 0.2) is 18.2 Å². The summed E-state index contributed by atoms with van der Waals surface area (Å²) in [4.78, 5) is -0.108. The number of alkyl halides is 1. The summed E-state index contributed by atoms with van der Waals surface area (Å²) in [6, 6.07) is 3.60. The maximum Gasteiger partial charge on any atom is 0.127 e. The summed E-state index contributed by atoms with van der Waals surface area (Å²) in [6.45, 7) is 4.11. The molecule has 0 nitrogen and oxygen atoms in total. The average Bonchev–Trinajstić information content (AvgIpc) is 2.23. The lowest BCUT2D eigenvalue weighted by molar-refractivity contribution is 0.470. The summed E-state index contributed by atoms with van der Waals surface area (Å²) < 4.78 is 26.4. The van der Waals surface area contributed by atoms with Crippen LogP contribution in [0.25, 0.3) is 0 Å². The first-order chi connectivity index (χ1) is 7.10.